The monoisotopic (exact) mass is 250 g/mol. The van der Waals surface area contributed by atoms with Crippen LogP contribution < -0.4 is 10.3 Å². The maximum Gasteiger partial charge on any atom is 0.255 e. The first-order valence-corrected chi connectivity index (χ1v) is 5.36. The average molecular weight is 250 g/mol. The highest BCUT2D eigenvalue weighted by molar-refractivity contribution is 5.89. The van der Waals surface area contributed by atoms with Crippen LogP contribution in [0, 0.1) is 5.82 Å². The molecule has 0 saturated heterocycles. The smallest absolute Gasteiger partial charge is 0.255 e. The van der Waals surface area contributed by atoms with Crippen LogP contribution in [-0.2, 0) is 6.42 Å². The summed E-state index contributed by atoms with van der Waals surface area (Å²) < 4.78 is 19.0. The Balaban J connectivity index is 2.96. The van der Waals surface area contributed by atoms with E-state index in [2.05, 4.69) is 9.97 Å². The number of nitrogens with zero attached hydrogens (tertiary/aromatic N) is 1. The fourth-order valence-corrected chi connectivity index (χ4v) is 1.89. The lowest BCUT2D eigenvalue weighted by Crippen LogP contribution is -2.15. The quantitative estimate of drug-likeness (QED) is 0.837. The number of aromatic nitrogens is 2. The second-order valence-electron chi connectivity index (χ2n) is 3.68. The van der Waals surface area contributed by atoms with Gasteiger partial charge < -0.3 is 9.72 Å². The Bertz CT molecular complexity index is 679. The van der Waals surface area contributed by atoms with Crippen molar-refractivity contribution in [1.82, 2.24) is 9.97 Å². The van der Waals surface area contributed by atoms with Gasteiger partial charge in [0.25, 0.3) is 5.56 Å². The lowest BCUT2D eigenvalue weighted by atomic mass is 10.1. The molecule has 18 heavy (non-hydrogen) atoms. The van der Waals surface area contributed by atoms with Gasteiger partial charge in [-0.2, -0.15) is 0 Å². The van der Waals surface area contributed by atoms with E-state index >= 15 is 0 Å². The van der Waals surface area contributed by atoms with Gasteiger partial charge >= 0.3 is 0 Å². The molecule has 0 unspecified atom stereocenters. The van der Waals surface area contributed by atoms with Crippen LogP contribution in [0.15, 0.2) is 11.0 Å². The van der Waals surface area contributed by atoms with E-state index in [0.29, 0.717) is 29.4 Å². The summed E-state index contributed by atoms with van der Waals surface area (Å²) in [5.41, 5.74) is -0.413. The van der Waals surface area contributed by atoms with Crippen molar-refractivity contribution in [2.24, 2.45) is 0 Å². The van der Waals surface area contributed by atoms with Crippen molar-refractivity contribution in [1.29, 1.82) is 0 Å². The third-order valence-corrected chi connectivity index (χ3v) is 2.75. The Morgan fingerprint density at radius 2 is 2.28 bits per heavy atom. The number of rotatable bonds is 3. The first-order valence-electron chi connectivity index (χ1n) is 5.36. The van der Waals surface area contributed by atoms with Gasteiger partial charge in [0.1, 0.15) is 11.4 Å². The van der Waals surface area contributed by atoms with Gasteiger partial charge in [0, 0.05) is 6.20 Å². The third kappa shape index (κ3) is 1.66. The molecule has 0 amide bonds. The molecule has 0 atom stereocenters. The van der Waals surface area contributed by atoms with Crippen LogP contribution in [0.1, 0.15) is 23.0 Å². The molecule has 0 radical (unpaired) electrons. The average Bonchev–Trinajstić information content (AvgIpc) is 2.38. The minimum atomic E-state index is -0.847. The molecule has 0 saturated carbocycles. The van der Waals surface area contributed by atoms with E-state index in [9.17, 15) is 14.0 Å². The predicted octanol–water partition coefficient (Wildman–Crippen LogP) is 1.45. The number of ether oxygens (including phenoxy) is 1. The molecule has 2 rings (SSSR count). The summed E-state index contributed by atoms with van der Waals surface area (Å²) in [4.78, 5) is 28.5. The molecule has 5 nitrogen and oxygen atoms in total. The first kappa shape index (κ1) is 12.2. The summed E-state index contributed by atoms with van der Waals surface area (Å²) in [6.45, 7) is 1.79. The highest BCUT2D eigenvalue weighted by Gasteiger charge is 2.17. The van der Waals surface area contributed by atoms with Gasteiger partial charge in [-0.15, -0.1) is 0 Å². The zero-order valence-electron chi connectivity index (χ0n) is 9.91. The largest absolute Gasteiger partial charge is 0.495 e. The number of hydrogen-bond acceptors (Lipinski definition) is 4. The number of H-pyrrole nitrogens is 1. The van der Waals surface area contributed by atoms with Crippen LogP contribution in [0.3, 0.4) is 0 Å². The fraction of sp³-hybridized carbons (Fsp3) is 0.250. The molecule has 6 heteroatoms. The molecule has 0 aliphatic rings. The Morgan fingerprint density at radius 3 is 2.83 bits per heavy atom. The summed E-state index contributed by atoms with van der Waals surface area (Å²) in [6, 6.07) is 0. The van der Waals surface area contributed by atoms with E-state index < -0.39 is 11.4 Å². The minimum Gasteiger partial charge on any atom is -0.495 e. The number of methoxy groups -OCH3 is 1. The normalized spacial score (nSPS) is 10.6. The van der Waals surface area contributed by atoms with E-state index in [1.165, 1.54) is 13.3 Å². The van der Waals surface area contributed by atoms with Crippen molar-refractivity contribution >= 4 is 17.2 Å². The maximum atomic E-state index is 13.9. The van der Waals surface area contributed by atoms with Gasteiger partial charge in [0.2, 0.25) is 0 Å². The summed E-state index contributed by atoms with van der Waals surface area (Å²) in [7, 11) is 1.40. The van der Waals surface area contributed by atoms with Crippen LogP contribution in [0.2, 0.25) is 0 Å². The Kier molecular flexibility index (Phi) is 3.10. The van der Waals surface area contributed by atoms with Crippen molar-refractivity contribution in [2.75, 3.05) is 7.11 Å². The molecule has 0 bridgehead atoms. The van der Waals surface area contributed by atoms with E-state index in [-0.39, 0.29) is 11.2 Å². The van der Waals surface area contributed by atoms with E-state index in [1.54, 1.807) is 6.92 Å². The molecule has 0 aliphatic carbocycles. The number of aldehydes is 1. The van der Waals surface area contributed by atoms with Crippen LogP contribution in [0.25, 0.3) is 10.9 Å². The summed E-state index contributed by atoms with van der Waals surface area (Å²) >= 11 is 0. The van der Waals surface area contributed by atoms with E-state index in [4.69, 9.17) is 4.74 Å². The molecule has 0 aromatic carbocycles. The van der Waals surface area contributed by atoms with Crippen LogP contribution >= 0.6 is 0 Å². The molecule has 94 valence electrons. The molecule has 2 aromatic heterocycles. The molecule has 1 N–H and O–H groups in total. The zero-order valence-corrected chi connectivity index (χ0v) is 9.91. The topological polar surface area (TPSA) is 72.0 Å². The number of aromatic amines is 1. The van der Waals surface area contributed by atoms with Gasteiger partial charge in [-0.05, 0) is 6.42 Å². The maximum absolute atomic E-state index is 13.9. The lowest BCUT2D eigenvalue weighted by molar-refractivity contribution is 0.111. The number of nitrogens with one attached hydrogen (secondary N) is 1. The van der Waals surface area contributed by atoms with E-state index in [0.717, 1.165) is 0 Å². The van der Waals surface area contributed by atoms with Crippen molar-refractivity contribution in [3.63, 3.8) is 0 Å². The second kappa shape index (κ2) is 4.56. The standard InChI is InChI=1S/C12H11FN2O3/c1-3-6-11(18-2)7-4-14-8(5-16)9(13)10(7)15-12(6)17/h4-5H,3H2,1-2H3,(H,15,17). The minimum absolute atomic E-state index is 0.0637. The molecule has 0 spiro atoms. The van der Waals surface area contributed by atoms with E-state index in [1.807, 2.05) is 0 Å². The highest BCUT2D eigenvalue weighted by atomic mass is 19.1. The van der Waals surface area contributed by atoms with Crippen molar-refractivity contribution < 1.29 is 13.9 Å². The predicted molar refractivity (Wildman–Crippen MR) is 63.6 cm³/mol. The molecule has 0 fully saturated rings. The van der Waals surface area contributed by atoms with Gasteiger partial charge in [-0.3, -0.25) is 9.59 Å². The Hall–Kier alpha value is -2.24. The van der Waals surface area contributed by atoms with Crippen LogP contribution in [0.5, 0.6) is 5.75 Å². The van der Waals surface area contributed by atoms with Gasteiger partial charge in [0.05, 0.1) is 23.6 Å². The molecule has 0 aliphatic heterocycles. The van der Waals surface area contributed by atoms with Crippen LogP contribution in [-0.4, -0.2) is 23.4 Å². The number of halogens is 1. The zero-order chi connectivity index (χ0) is 13.3. The highest BCUT2D eigenvalue weighted by Crippen LogP contribution is 2.27. The Labute approximate surface area is 102 Å². The molecular formula is C12H11FN2O3. The molecule has 2 aromatic rings. The second-order valence-corrected chi connectivity index (χ2v) is 3.68. The number of fused-ring (bicyclic) bond motifs is 1. The molecular weight excluding hydrogens is 239 g/mol. The SMILES string of the molecule is CCc1c(OC)c2cnc(C=O)c(F)c2[nH]c1=O. The number of carbonyl (C=O) groups is 1. The van der Waals surface area contributed by atoms with Crippen molar-refractivity contribution in [2.45, 2.75) is 13.3 Å². The lowest BCUT2D eigenvalue weighted by Gasteiger charge is -2.10. The van der Waals surface area contributed by atoms with Crippen molar-refractivity contribution in [3.8, 4) is 5.75 Å². The van der Waals surface area contributed by atoms with Crippen molar-refractivity contribution in [3.05, 3.63) is 33.6 Å². The summed E-state index contributed by atoms with van der Waals surface area (Å²) in [5, 5.41) is 0.344. The molecule has 2 heterocycles. The third-order valence-electron chi connectivity index (χ3n) is 2.75. The number of hydrogen-bond donors (Lipinski definition) is 1. The summed E-state index contributed by atoms with van der Waals surface area (Å²) in [6.07, 6.45) is 2.06. The number of carbonyl (C=O) groups excluding carboxylic acids is 1. The Morgan fingerprint density at radius 1 is 1.56 bits per heavy atom. The first-order chi connectivity index (χ1) is 8.63. The van der Waals surface area contributed by atoms with Gasteiger partial charge in [-0.1, -0.05) is 6.92 Å². The van der Waals surface area contributed by atoms with Gasteiger partial charge in [0.15, 0.2) is 12.1 Å². The van der Waals surface area contributed by atoms with Gasteiger partial charge in [-0.25, -0.2) is 9.37 Å². The summed E-state index contributed by atoms with van der Waals surface area (Å²) in [5.74, 6) is -0.555. The number of pyridine rings is 2. The van der Waals surface area contributed by atoms with Crippen LogP contribution in [0.4, 0.5) is 4.39 Å². The fourth-order valence-electron chi connectivity index (χ4n) is 1.89.